The number of ether oxygens (including phenoxy) is 1. The summed E-state index contributed by atoms with van der Waals surface area (Å²) < 4.78 is 19.0. The van der Waals surface area contributed by atoms with Crippen LogP contribution in [-0.4, -0.2) is 23.1 Å². The van der Waals surface area contributed by atoms with Crippen molar-refractivity contribution in [1.29, 1.82) is 0 Å². The molecule has 1 heterocycles. The lowest BCUT2D eigenvalue weighted by atomic mass is 10.2. The summed E-state index contributed by atoms with van der Waals surface area (Å²) in [6, 6.07) is 6.17. The first kappa shape index (κ1) is 16.0. The summed E-state index contributed by atoms with van der Waals surface area (Å²) in [5.74, 6) is 1.16. The van der Waals surface area contributed by atoms with Gasteiger partial charge in [0.2, 0.25) is 11.8 Å². The van der Waals surface area contributed by atoms with Gasteiger partial charge in [-0.3, -0.25) is 0 Å². The van der Waals surface area contributed by atoms with E-state index in [0.717, 1.165) is 24.8 Å². The predicted molar refractivity (Wildman–Crippen MR) is 87.7 cm³/mol. The molecule has 1 fully saturated rings. The quantitative estimate of drug-likeness (QED) is 0.568. The van der Waals surface area contributed by atoms with E-state index in [4.69, 9.17) is 16.5 Å². The molecule has 0 saturated heterocycles. The van der Waals surface area contributed by atoms with Crippen LogP contribution >= 0.6 is 11.8 Å². The molecule has 0 bridgehead atoms. The molecule has 1 aliphatic carbocycles. The predicted octanol–water partition coefficient (Wildman–Crippen LogP) is 3.75. The van der Waals surface area contributed by atoms with Gasteiger partial charge in [-0.2, -0.15) is 4.98 Å². The Hall–Kier alpha value is -1.92. The Labute approximate surface area is 139 Å². The fourth-order valence-corrected chi connectivity index (χ4v) is 2.36. The van der Waals surface area contributed by atoms with Crippen molar-refractivity contribution in [3.63, 3.8) is 0 Å². The van der Waals surface area contributed by atoms with Crippen molar-refractivity contribution in [2.24, 2.45) is 0 Å². The van der Waals surface area contributed by atoms with E-state index in [-0.39, 0.29) is 5.82 Å². The van der Waals surface area contributed by atoms with Crippen LogP contribution in [0.4, 0.5) is 16.0 Å². The third kappa shape index (κ3) is 4.53. The van der Waals surface area contributed by atoms with Crippen LogP contribution in [-0.2, 0) is 0 Å². The third-order valence-electron chi connectivity index (χ3n) is 3.53. The largest absolute Gasteiger partial charge is 0.477 e. The smallest absolute Gasteiger partial charge is 0.230 e. The average Bonchev–Trinajstić information content (AvgIpc) is 3.37. The number of hydrogen-bond acceptors (Lipinski definition) is 5. The molecule has 1 aromatic carbocycles. The molecule has 2 N–H and O–H groups in total. The second kappa shape index (κ2) is 7.57. The lowest BCUT2D eigenvalue weighted by Gasteiger charge is -2.12. The molecule has 23 heavy (non-hydrogen) atoms. The van der Waals surface area contributed by atoms with E-state index in [1.165, 1.54) is 12.1 Å². The van der Waals surface area contributed by atoms with Gasteiger partial charge in [-0.15, -0.1) is 0 Å². The molecule has 7 heteroatoms. The first-order valence-corrected chi connectivity index (χ1v) is 8.00. The zero-order valence-electron chi connectivity index (χ0n) is 12.6. The Balaban J connectivity index is 1.73. The Bertz CT molecular complexity index is 666. The number of anilines is 2. The highest BCUT2D eigenvalue weighted by molar-refractivity contribution is 6.13. The van der Waals surface area contributed by atoms with Crippen molar-refractivity contribution >= 4 is 23.4 Å². The van der Waals surface area contributed by atoms with Crippen molar-refractivity contribution in [3.05, 3.63) is 41.8 Å². The average molecular weight is 337 g/mol. The zero-order valence-corrected chi connectivity index (χ0v) is 13.3. The number of benzene rings is 1. The maximum Gasteiger partial charge on any atom is 0.230 e. The van der Waals surface area contributed by atoms with Gasteiger partial charge in [0.15, 0.2) is 0 Å². The van der Waals surface area contributed by atoms with Gasteiger partial charge in [0.05, 0.1) is 6.61 Å². The molecule has 0 amide bonds. The molecule has 0 radical (unpaired) electrons. The molecule has 1 aliphatic rings. The molecule has 1 aromatic heterocycles. The molecule has 0 unspecified atom stereocenters. The van der Waals surface area contributed by atoms with Gasteiger partial charge in [-0.05, 0) is 55.2 Å². The van der Waals surface area contributed by atoms with Crippen LogP contribution in [0, 0.1) is 5.82 Å². The first-order valence-electron chi connectivity index (χ1n) is 7.62. The van der Waals surface area contributed by atoms with Gasteiger partial charge in [0, 0.05) is 24.0 Å². The maximum absolute atomic E-state index is 13.2. The lowest BCUT2D eigenvalue weighted by molar-refractivity contribution is 0.296. The molecule has 122 valence electrons. The standard InChI is InChI=1S/C16H18ClFN4O/c17-20-7-2-8-23-15-14(11-5-6-11)10-19-16(22-15)21-13-4-1-3-12(18)9-13/h1,3-4,9-11,20H,2,5-8H2,(H,19,21,22). The topological polar surface area (TPSA) is 59.1 Å². The highest BCUT2D eigenvalue weighted by Gasteiger charge is 2.28. The van der Waals surface area contributed by atoms with Gasteiger partial charge in [0.25, 0.3) is 0 Å². The van der Waals surface area contributed by atoms with Gasteiger partial charge >= 0.3 is 0 Å². The number of nitrogens with zero attached hydrogens (tertiary/aromatic N) is 2. The van der Waals surface area contributed by atoms with E-state index in [0.29, 0.717) is 36.6 Å². The monoisotopic (exact) mass is 336 g/mol. The van der Waals surface area contributed by atoms with Gasteiger partial charge < -0.3 is 10.1 Å². The van der Waals surface area contributed by atoms with Crippen molar-refractivity contribution < 1.29 is 9.13 Å². The van der Waals surface area contributed by atoms with Crippen LogP contribution in [0.15, 0.2) is 30.5 Å². The number of nitrogens with one attached hydrogen (secondary N) is 2. The van der Waals surface area contributed by atoms with Crippen molar-refractivity contribution in [2.75, 3.05) is 18.5 Å². The minimum atomic E-state index is -0.311. The fourth-order valence-electron chi connectivity index (χ4n) is 2.23. The zero-order chi connectivity index (χ0) is 16.1. The minimum Gasteiger partial charge on any atom is -0.477 e. The molecule has 0 atom stereocenters. The fraction of sp³-hybridized carbons (Fsp3) is 0.375. The molecular weight excluding hydrogens is 319 g/mol. The highest BCUT2D eigenvalue weighted by atomic mass is 35.5. The number of aromatic nitrogens is 2. The van der Waals surface area contributed by atoms with Gasteiger partial charge in [-0.25, -0.2) is 14.2 Å². The molecule has 1 saturated carbocycles. The normalized spacial score (nSPS) is 13.8. The van der Waals surface area contributed by atoms with Crippen LogP contribution in [0.5, 0.6) is 5.88 Å². The molecule has 0 aliphatic heterocycles. The SMILES string of the molecule is Fc1cccc(Nc2ncc(C3CC3)c(OCCCNCl)n2)c1. The minimum absolute atomic E-state index is 0.311. The van der Waals surface area contributed by atoms with Gasteiger partial charge in [0.1, 0.15) is 5.82 Å². The first-order chi connectivity index (χ1) is 11.3. The number of rotatable bonds is 8. The van der Waals surface area contributed by atoms with E-state index in [1.54, 1.807) is 18.3 Å². The summed E-state index contributed by atoms with van der Waals surface area (Å²) in [4.78, 5) is 11.3. The van der Waals surface area contributed by atoms with E-state index in [1.807, 2.05) is 0 Å². The molecule has 2 aromatic rings. The Kier molecular flexibility index (Phi) is 5.25. The summed E-state index contributed by atoms with van der Waals surface area (Å²) in [5, 5.41) is 3.00. The van der Waals surface area contributed by atoms with Crippen LogP contribution < -0.4 is 14.9 Å². The summed E-state index contributed by atoms with van der Waals surface area (Å²) in [6.07, 6.45) is 4.85. The Morgan fingerprint density at radius 3 is 2.96 bits per heavy atom. The summed E-state index contributed by atoms with van der Waals surface area (Å²) in [5.41, 5.74) is 1.63. The van der Waals surface area contributed by atoms with Crippen molar-refractivity contribution in [2.45, 2.75) is 25.2 Å². The summed E-state index contributed by atoms with van der Waals surface area (Å²) >= 11 is 5.43. The third-order valence-corrected chi connectivity index (χ3v) is 3.72. The molecule has 5 nitrogen and oxygen atoms in total. The summed E-state index contributed by atoms with van der Waals surface area (Å²) in [6.45, 7) is 1.19. The highest BCUT2D eigenvalue weighted by Crippen LogP contribution is 2.43. The van der Waals surface area contributed by atoms with E-state index in [9.17, 15) is 4.39 Å². The summed E-state index contributed by atoms with van der Waals surface area (Å²) in [7, 11) is 0. The van der Waals surface area contributed by atoms with E-state index < -0.39 is 0 Å². The van der Waals surface area contributed by atoms with Crippen molar-refractivity contribution in [3.8, 4) is 5.88 Å². The second-order valence-corrected chi connectivity index (χ2v) is 5.72. The van der Waals surface area contributed by atoms with Gasteiger partial charge in [-0.1, -0.05) is 6.07 Å². The number of halogens is 2. The van der Waals surface area contributed by atoms with E-state index in [2.05, 4.69) is 20.1 Å². The molecular formula is C16H18ClFN4O. The Morgan fingerprint density at radius 1 is 1.35 bits per heavy atom. The molecule has 3 rings (SSSR count). The number of hydrogen-bond donors (Lipinski definition) is 2. The maximum atomic E-state index is 13.2. The molecule has 0 spiro atoms. The van der Waals surface area contributed by atoms with Crippen molar-refractivity contribution in [1.82, 2.24) is 14.8 Å². The van der Waals surface area contributed by atoms with Crippen LogP contribution in [0.1, 0.15) is 30.7 Å². The van der Waals surface area contributed by atoms with Crippen LogP contribution in [0.2, 0.25) is 0 Å². The Morgan fingerprint density at radius 2 is 2.22 bits per heavy atom. The van der Waals surface area contributed by atoms with Crippen LogP contribution in [0.3, 0.4) is 0 Å². The lowest BCUT2D eigenvalue weighted by Crippen LogP contribution is -2.10. The second-order valence-electron chi connectivity index (χ2n) is 5.45. The van der Waals surface area contributed by atoms with E-state index >= 15 is 0 Å². The van der Waals surface area contributed by atoms with Crippen LogP contribution in [0.25, 0.3) is 0 Å².